The molecule has 2 N–H and O–H groups in total. The van der Waals surface area contributed by atoms with Crippen LogP contribution in [0, 0.1) is 5.92 Å². The first-order valence-electron chi connectivity index (χ1n) is 10.3. The van der Waals surface area contributed by atoms with Crippen LogP contribution in [0.2, 0.25) is 0 Å². The SMILES string of the molecule is COc1ccccc1N1CCC(CNC(=O)c2cc3ccc(C(C)C)cc3[nH]2)C1. The highest BCUT2D eigenvalue weighted by Crippen LogP contribution is 2.31. The smallest absolute Gasteiger partial charge is 0.267 e. The zero-order valence-electron chi connectivity index (χ0n) is 17.4. The quantitative estimate of drug-likeness (QED) is 0.648. The summed E-state index contributed by atoms with van der Waals surface area (Å²) in [7, 11) is 1.71. The van der Waals surface area contributed by atoms with Gasteiger partial charge in [0.15, 0.2) is 0 Å². The topological polar surface area (TPSA) is 57.4 Å². The number of hydrogen-bond donors (Lipinski definition) is 2. The molecule has 5 nitrogen and oxygen atoms in total. The van der Waals surface area contributed by atoms with Gasteiger partial charge >= 0.3 is 0 Å². The fraction of sp³-hybridized carbons (Fsp3) is 0.375. The van der Waals surface area contributed by atoms with Gasteiger partial charge in [0.2, 0.25) is 0 Å². The molecule has 1 fully saturated rings. The second-order valence-corrected chi connectivity index (χ2v) is 8.17. The molecule has 1 aliphatic heterocycles. The molecular weight excluding hydrogens is 362 g/mol. The third kappa shape index (κ3) is 4.09. The van der Waals surface area contributed by atoms with E-state index >= 15 is 0 Å². The van der Waals surface area contributed by atoms with E-state index in [1.165, 1.54) is 5.56 Å². The van der Waals surface area contributed by atoms with Gasteiger partial charge in [-0.3, -0.25) is 4.79 Å². The van der Waals surface area contributed by atoms with Crippen LogP contribution < -0.4 is 15.0 Å². The first-order valence-corrected chi connectivity index (χ1v) is 10.3. The van der Waals surface area contributed by atoms with Crippen LogP contribution >= 0.6 is 0 Å². The monoisotopic (exact) mass is 391 g/mol. The molecule has 2 aromatic carbocycles. The summed E-state index contributed by atoms with van der Waals surface area (Å²) in [5, 5.41) is 4.18. The second-order valence-electron chi connectivity index (χ2n) is 8.17. The van der Waals surface area contributed by atoms with Crippen LogP contribution in [-0.2, 0) is 0 Å². The van der Waals surface area contributed by atoms with Crippen LogP contribution in [0.1, 0.15) is 42.2 Å². The van der Waals surface area contributed by atoms with E-state index in [-0.39, 0.29) is 5.91 Å². The summed E-state index contributed by atoms with van der Waals surface area (Å²) in [6.07, 6.45) is 1.06. The number of H-pyrrole nitrogens is 1. The Hall–Kier alpha value is -2.95. The molecule has 5 heteroatoms. The van der Waals surface area contributed by atoms with Crippen molar-refractivity contribution in [3.63, 3.8) is 0 Å². The summed E-state index contributed by atoms with van der Waals surface area (Å²) in [5.41, 5.74) is 4.04. The summed E-state index contributed by atoms with van der Waals surface area (Å²) in [5.74, 6) is 1.76. The summed E-state index contributed by atoms with van der Waals surface area (Å²) in [4.78, 5) is 18.3. The number of ether oxygens (including phenoxy) is 1. The molecule has 0 saturated carbocycles. The van der Waals surface area contributed by atoms with E-state index in [9.17, 15) is 4.79 Å². The van der Waals surface area contributed by atoms with Crippen molar-refractivity contribution in [2.45, 2.75) is 26.2 Å². The molecule has 0 spiro atoms. The van der Waals surface area contributed by atoms with Crippen LogP contribution in [0.25, 0.3) is 10.9 Å². The number of aromatic amines is 1. The van der Waals surface area contributed by atoms with Crippen molar-refractivity contribution in [2.24, 2.45) is 5.92 Å². The largest absolute Gasteiger partial charge is 0.495 e. The molecular formula is C24H29N3O2. The lowest BCUT2D eigenvalue weighted by Crippen LogP contribution is -2.31. The Balaban J connectivity index is 1.37. The van der Waals surface area contributed by atoms with Crippen molar-refractivity contribution in [3.8, 4) is 5.75 Å². The molecule has 1 aromatic heterocycles. The van der Waals surface area contributed by atoms with E-state index in [1.54, 1.807) is 7.11 Å². The van der Waals surface area contributed by atoms with Gasteiger partial charge in [-0.1, -0.05) is 38.1 Å². The number of fused-ring (bicyclic) bond motifs is 1. The number of nitrogens with zero attached hydrogens (tertiary/aromatic N) is 1. The molecule has 0 radical (unpaired) electrons. The van der Waals surface area contributed by atoms with Gasteiger partial charge in [0, 0.05) is 30.5 Å². The van der Waals surface area contributed by atoms with Crippen molar-refractivity contribution in [1.29, 1.82) is 0 Å². The van der Waals surface area contributed by atoms with Gasteiger partial charge in [0.1, 0.15) is 11.4 Å². The van der Waals surface area contributed by atoms with Crippen molar-refractivity contribution in [3.05, 3.63) is 59.8 Å². The van der Waals surface area contributed by atoms with Gasteiger partial charge in [0.25, 0.3) is 5.91 Å². The molecule has 1 atom stereocenters. The maximum Gasteiger partial charge on any atom is 0.267 e. The lowest BCUT2D eigenvalue weighted by atomic mass is 10.0. The van der Waals surface area contributed by atoms with Gasteiger partial charge in [-0.05, 0) is 48.1 Å². The molecule has 0 aliphatic carbocycles. The maximum atomic E-state index is 12.7. The molecule has 1 unspecified atom stereocenters. The fourth-order valence-electron chi connectivity index (χ4n) is 4.07. The van der Waals surface area contributed by atoms with Crippen LogP contribution in [0.3, 0.4) is 0 Å². The van der Waals surface area contributed by atoms with Crippen LogP contribution in [0.5, 0.6) is 5.75 Å². The summed E-state index contributed by atoms with van der Waals surface area (Å²) in [6, 6.07) is 16.4. The van der Waals surface area contributed by atoms with E-state index in [1.807, 2.05) is 24.3 Å². The predicted molar refractivity (Wildman–Crippen MR) is 118 cm³/mol. The molecule has 0 bridgehead atoms. The predicted octanol–water partition coefficient (Wildman–Crippen LogP) is 4.56. The number of rotatable bonds is 6. The number of amides is 1. The number of carbonyl (C=O) groups excluding carboxylic acids is 1. The molecule has 152 valence electrons. The molecule has 1 aliphatic rings. The minimum absolute atomic E-state index is 0.0389. The highest BCUT2D eigenvalue weighted by molar-refractivity contribution is 5.98. The number of methoxy groups -OCH3 is 1. The van der Waals surface area contributed by atoms with E-state index in [4.69, 9.17) is 4.74 Å². The van der Waals surface area contributed by atoms with Crippen LogP contribution in [0.15, 0.2) is 48.5 Å². The van der Waals surface area contributed by atoms with Crippen molar-refractivity contribution in [2.75, 3.05) is 31.6 Å². The molecule has 1 saturated heterocycles. The first kappa shape index (κ1) is 19.4. The summed E-state index contributed by atoms with van der Waals surface area (Å²) in [6.45, 7) is 6.93. The van der Waals surface area contributed by atoms with Gasteiger partial charge in [-0.25, -0.2) is 0 Å². The highest BCUT2D eigenvalue weighted by Gasteiger charge is 2.25. The second kappa shape index (κ2) is 8.19. The minimum atomic E-state index is -0.0389. The minimum Gasteiger partial charge on any atom is -0.495 e. The summed E-state index contributed by atoms with van der Waals surface area (Å²) >= 11 is 0. The van der Waals surface area contributed by atoms with Gasteiger partial charge in [0.05, 0.1) is 12.8 Å². The number of carbonyl (C=O) groups is 1. The Morgan fingerprint density at radius 2 is 2.07 bits per heavy atom. The number of aromatic nitrogens is 1. The van der Waals surface area contributed by atoms with E-state index in [0.29, 0.717) is 24.1 Å². The van der Waals surface area contributed by atoms with Crippen molar-refractivity contribution in [1.82, 2.24) is 10.3 Å². The van der Waals surface area contributed by atoms with E-state index in [0.717, 1.165) is 41.9 Å². The van der Waals surface area contributed by atoms with E-state index < -0.39 is 0 Å². The first-order chi connectivity index (χ1) is 14.0. The van der Waals surface area contributed by atoms with Crippen LogP contribution in [0.4, 0.5) is 5.69 Å². The number of para-hydroxylation sites is 2. The fourth-order valence-corrected chi connectivity index (χ4v) is 4.07. The third-order valence-electron chi connectivity index (χ3n) is 5.82. The Morgan fingerprint density at radius 1 is 1.24 bits per heavy atom. The molecule has 29 heavy (non-hydrogen) atoms. The average molecular weight is 392 g/mol. The lowest BCUT2D eigenvalue weighted by molar-refractivity contribution is 0.0944. The van der Waals surface area contributed by atoms with E-state index in [2.05, 4.69) is 53.3 Å². The average Bonchev–Trinajstić information content (AvgIpc) is 3.38. The van der Waals surface area contributed by atoms with Crippen molar-refractivity contribution >= 4 is 22.5 Å². The number of nitrogens with one attached hydrogen (secondary N) is 2. The highest BCUT2D eigenvalue weighted by atomic mass is 16.5. The zero-order valence-corrected chi connectivity index (χ0v) is 17.4. The Labute approximate surface area is 172 Å². The van der Waals surface area contributed by atoms with Gasteiger partial charge in [-0.2, -0.15) is 0 Å². The standard InChI is InChI=1S/C24H29N3O2/c1-16(2)18-8-9-19-13-21(26-20(19)12-18)24(28)25-14-17-10-11-27(15-17)22-6-4-5-7-23(22)29-3/h4-9,12-13,16-17,26H,10-11,14-15H2,1-3H3,(H,25,28). The molecule has 3 aromatic rings. The summed E-state index contributed by atoms with van der Waals surface area (Å²) < 4.78 is 5.49. The normalized spacial score (nSPS) is 16.6. The molecule has 1 amide bonds. The van der Waals surface area contributed by atoms with Crippen LogP contribution in [-0.4, -0.2) is 37.6 Å². The lowest BCUT2D eigenvalue weighted by Gasteiger charge is -2.21. The Kier molecular flexibility index (Phi) is 5.47. The number of anilines is 1. The van der Waals surface area contributed by atoms with Gasteiger partial charge in [-0.15, -0.1) is 0 Å². The van der Waals surface area contributed by atoms with Gasteiger partial charge < -0.3 is 19.9 Å². The van der Waals surface area contributed by atoms with Crippen molar-refractivity contribution < 1.29 is 9.53 Å². The molecule has 2 heterocycles. The number of hydrogen-bond acceptors (Lipinski definition) is 3. The number of benzene rings is 2. The maximum absolute atomic E-state index is 12.7. The Bertz CT molecular complexity index is 1010. The zero-order chi connectivity index (χ0) is 20.4. The Morgan fingerprint density at radius 3 is 2.86 bits per heavy atom. The third-order valence-corrected chi connectivity index (χ3v) is 5.82. The molecule has 4 rings (SSSR count).